The van der Waals surface area contributed by atoms with Gasteiger partial charge in [0, 0.05) is 44.1 Å². The van der Waals surface area contributed by atoms with Crippen molar-refractivity contribution in [2.75, 3.05) is 39.6 Å². The Morgan fingerprint density at radius 1 is 1.50 bits per heavy atom. The molecule has 2 saturated heterocycles. The maximum atomic E-state index is 12.7. The summed E-state index contributed by atoms with van der Waals surface area (Å²) < 4.78 is 30.7. The third-order valence-corrected chi connectivity index (χ3v) is 6.23. The Morgan fingerprint density at radius 3 is 2.96 bits per heavy atom. The van der Waals surface area contributed by atoms with Crippen molar-refractivity contribution in [3.8, 4) is 0 Å². The summed E-state index contributed by atoms with van der Waals surface area (Å²) in [4.78, 5) is 18.6. The van der Waals surface area contributed by atoms with Gasteiger partial charge in [-0.25, -0.2) is 12.7 Å². The van der Waals surface area contributed by atoms with Crippen molar-refractivity contribution in [1.82, 2.24) is 14.2 Å². The van der Waals surface area contributed by atoms with Crippen LogP contribution in [0.15, 0.2) is 24.4 Å². The highest BCUT2D eigenvalue weighted by Gasteiger charge is 2.53. The van der Waals surface area contributed by atoms with Crippen molar-refractivity contribution in [3.63, 3.8) is 0 Å². The molecule has 2 fully saturated rings. The summed E-state index contributed by atoms with van der Waals surface area (Å²) in [5.41, 5.74) is 0.424. The number of hydrogen-bond donors (Lipinski definition) is 0. The molecule has 0 aliphatic carbocycles. The average Bonchev–Trinajstić information content (AvgIpc) is 3.04. The maximum absolute atomic E-state index is 12.7. The van der Waals surface area contributed by atoms with Crippen molar-refractivity contribution < 1.29 is 17.9 Å². The molecule has 24 heavy (non-hydrogen) atoms. The van der Waals surface area contributed by atoms with Crippen LogP contribution >= 0.6 is 0 Å². The predicted octanol–water partition coefficient (Wildman–Crippen LogP) is 0.338. The van der Waals surface area contributed by atoms with Crippen molar-refractivity contribution >= 4 is 15.9 Å². The minimum Gasteiger partial charge on any atom is -0.380 e. The molecule has 2 atom stereocenters. The number of fused-ring (bicyclic) bond motifs is 1. The number of pyridine rings is 1. The second-order valence-corrected chi connectivity index (χ2v) is 8.86. The largest absolute Gasteiger partial charge is 0.380 e. The first-order valence-corrected chi connectivity index (χ1v) is 9.82. The Kier molecular flexibility index (Phi) is 4.63. The Morgan fingerprint density at radius 2 is 2.29 bits per heavy atom. The van der Waals surface area contributed by atoms with E-state index in [2.05, 4.69) is 4.98 Å². The van der Waals surface area contributed by atoms with Crippen LogP contribution in [-0.4, -0.2) is 68.1 Å². The van der Waals surface area contributed by atoms with Gasteiger partial charge in [-0.05, 0) is 12.1 Å². The van der Waals surface area contributed by atoms with E-state index in [1.54, 1.807) is 18.1 Å². The Bertz CT molecular complexity index is 709. The van der Waals surface area contributed by atoms with Crippen LogP contribution in [0.4, 0.5) is 0 Å². The lowest BCUT2D eigenvalue weighted by Crippen LogP contribution is -2.39. The molecule has 0 saturated carbocycles. The molecule has 3 heterocycles. The zero-order valence-corrected chi connectivity index (χ0v) is 14.8. The van der Waals surface area contributed by atoms with Crippen LogP contribution in [-0.2, 0) is 26.1 Å². The molecule has 2 aliphatic rings. The molecule has 0 unspecified atom stereocenters. The number of sulfonamides is 1. The number of hydrogen-bond acceptors (Lipinski definition) is 5. The molecule has 3 rings (SSSR count). The van der Waals surface area contributed by atoms with Gasteiger partial charge in [0.05, 0.1) is 31.7 Å². The fraction of sp³-hybridized carbons (Fsp3) is 0.625. The number of nitrogens with zero attached hydrogens (tertiary/aromatic N) is 3. The molecule has 1 amide bonds. The van der Waals surface area contributed by atoms with E-state index in [0.29, 0.717) is 39.3 Å². The van der Waals surface area contributed by atoms with Gasteiger partial charge in [0.15, 0.2) is 0 Å². The summed E-state index contributed by atoms with van der Waals surface area (Å²) in [5.74, 6) is 0.0749. The Labute approximate surface area is 142 Å². The Balaban J connectivity index is 1.68. The predicted molar refractivity (Wildman–Crippen MR) is 88.5 cm³/mol. The van der Waals surface area contributed by atoms with E-state index in [0.717, 1.165) is 5.69 Å². The summed E-state index contributed by atoms with van der Waals surface area (Å²) in [6.45, 7) is 2.20. The molecule has 0 spiro atoms. The van der Waals surface area contributed by atoms with Gasteiger partial charge in [-0.2, -0.15) is 0 Å². The van der Waals surface area contributed by atoms with Crippen molar-refractivity contribution in [3.05, 3.63) is 30.1 Å². The lowest BCUT2D eigenvalue weighted by atomic mass is 9.78. The zero-order valence-electron chi connectivity index (χ0n) is 14.0. The fourth-order valence-electron chi connectivity index (χ4n) is 3.54. The van der Waals surface area contributed by atoms with Crippen molar-refractivity contribution in [1.29, 1.82) is 0 Å². The van der Waals surface area contributed by atoms with Gasteiger partial charge >= 0.3 is 0 Å². The molecule has 7 nitrogen and oxygen atoms in total. The van der Waals surface area contributed by atoms with Crippen LogP contribution < -0.4 is 0 Å². The van der Waals surface area contributed by atoms with E-state index in [1.165, 1.54) is 10.6 Å². The quantitative estimate of drug-likeness (QED) is 0.763. The maximum Gasteiger partial charge on any atom is 0.223 e. The molecule has 0 aromatic carbocycles. The van der Waals surface area contributed by atoms with Gasteiger partial charge in [0.1, 0.15) is 0 Å². The smallest absolute Gasteiger partial charge is 0.223 e. The van der Waals surface area contributed by atoms with Crippen LogP contribution in [0.2, 0.25) is 0 Å². The van der Waals surface area contributed by atoms with Crippen molar-refractivity contribution in [2.24, 2.45) is 11.3 Å². The van der Waals surface area contributed by atoms with E-state index < -0.39 is 15.4 Å². The van der Waals surface area contributed by atoms with Crippen LogP contribution in [0.5, 0.6) is 0 Å². The van der Waals surface area contributed by atoms with E-state index in [1.807, 2.05) is 18.2 Å². The second-order valence-electron chi connectivity index (χ2n) is 6.88. The van der Waals surface area contributed by atoms with E-state index >= 15 is 0 Å². The monoisotopic (exact) mass is 353 g/mol. The Hall–Kier alpha value is -1.51. The van der Waals surface area contributed by atoms with E-state index in [-0.39, 0.29) is 11.8 Å². The summed E-state index contributed by atoms with van der Waals surface area (Å²) in [7, 11) is -1.49. The first-order valence-electron chi connectivity index (χ1n) is 7.97. The van der Waals surface area contributed by atoms with Gasteiger partial charge in [0.2, 0.25) is 15.9 Å². The highest BCUT2D eigenvalue weighted by atomic mass is 32.2. The lowest BCUT2D eigenvalue weighted by Gasteiger charge is -2.28. The third kappa shape index (κ3) is 3.45. The summed E-state index contributed by atoms with van der Waals surface area (Å²) in [5, 5.41) is 0. The number of carbonyl (C=O) groups is 1. The molecule has 2 aliphatic heterocycles. The fourth-order valence-corrected chi connectivity index (χ4v) is 4.49. The highest BCUT2D eigenvalue weighted by Crippen LogP contribution is 2.45. The third-order valence-electron chi connectivity index (χ3n) is 5.01. The molecule has 0 N–H and O–H groups in total. The number of rotatable bonds is 5. The summed E-state index contributed by atoms with van der Waals surface area (Å²) in [6, 6.07) is 5.61. The summed E-state index contributed by atoms with van der Waals surface area (Å²) in [6.07, 6.45) is 3.22. The standard InChI is InChI=1S/C16H23N3O4S/c1-18(9-14-5-3-4-6-17-14)15(20)7-16-11-19(24(2,21)22)8-13(16)10-23-12-16/h3-6,13H,7-12H2,1-2H3/t13-,16+/m1/s1. The van der Waals surface area contributed by atoms with Gasteiger partial charge in [-0.3, -0.25) is 9.78 Å². The molecule has 1 aromatic rings. The molecule has 132 valence electrons. The first-order chi connectivity index (χ1) is 11.3. The van der Waals surface area contributed by atoms with E-state index in [9.17, 15) is 13.2 Å². The number of carbonyl (C=O) groups excluding carboxylic acids is 1. The minimum atomic E-state index is -3.24. The molecular formula is C16H23N3O4S. The van der Waals surface area contributed by atoms with Crippen LogP contribution in [0, 0.1) is 11.3 Å². The van der Waals surface area contributed by atoms with Crippen LogP contribution in [0.3, 0.4) is 0 Å². The van der Waals surface area contributed by atoms with Gasteiger partial charge in [0.25, 0.3) is 0 Å². The minimum absolute atomic E-state index is 0.00787. The lowest BCUT2D eigenvalue weighted by molar-refractivity contribution is -0.133. The SMILES string of the molecule is CN(Cc1ccccn1)C(=O)C[C@]12COC[C@H]1CN(S(C)(=O)=O)C2. The van der Waals surface area contributed by atoms with Gasteiger partial charge < -0.3 is 9.64 Å². The van der Waals surface area contributed by atoms with Crippen LogP contribution in [0.1, 0.15) is 12.1 Å². The first kappa shape index (κ1) is 17.3. The number of amides is 1. The summed E-state index contributed by atoms with van der Waals surface area (Å²) >= 11 is 0. The van der Waals surface area contributed by atoms with E-state index in [4.69, 9.17) is 4.74 Å². The molecule has 8 heteroatoms. The molecule has 0 radical (unpaired) electrons. The molecule has 0 bridgehead atoms. The van der Waals surface area contributed by atoms with Gasteiger partial charge in [-0.15, -0.1) is 0 Å². The van der Waals surface area contributed by atoms with Crippen LogP contribution in [0.25, 0.3) is 0 Å². The molecule has 1 aromatic heterocycles. The zero-order chi connectivity index (χ0) is 17.4. The van der Waals surface area contributed by atoms with Gasteiger partial charge in [-0.1, -0.05) is 6.07 Å². The van der Waals surface area contributed by atoms with Crippen molar-refractivity contribution in [2.45, 2.75) is 13.0 Å². The number of ether oxygens (including phenoxy) is 1. The number of aromatic nitrogens is 1. The highest BCUT2D eigenvalue weighted by molar-refractivity contribution is 7.88. The normalized spacial score (nSPS) is 27.2. The second kappa shape index (κ2) is 6.42. The average molecular weight is 353 g/mol. The topological polar surface area (TPSA) is 79.8 Å². The molecular weight excluding hydrogens is 330 g/mol.